The third-order valence-electron chi connectivity index (χ3n) is 2.38. The van der Waals surface area contributed by atoms with Crippen LogP contribution < -0.4 is 10.6 Å². The van der Waals surface area contributed by atoms with Crippen LogP contribution in [0.3, 0.4) is 0 Å². The van der Waals surface area contributed by atoms with Crippen LogP contribution in [0.4, 0.5) is 5.82 Å². The highest BCUT2D eigenvalue weighted by atomic mass is 16.1. The summed E-state index contributed by atoms with van der Waals surface area (Å²) in [6.07, 6.45) is 1.50. The number of tetrazole rings is 1. The molecular weight excluding hydrogens is 234 g/mol. The quantitative estimate of drug-likeness (QED) is 0.708. The molecule has 3 N–H and O–H groups in total. The normalized spacial score (nSPS) is 11.9. The van der Waals surface area contributed by atoms with Crippen molar-refractivity contribution in [3.63, 3.8) is 0 Å². The topological polar surface area (TPSA) is 108 Å². The van der Waals surface area contributed by atoms with Crippen molar-refractivity contribution >= 4 is 11.7 Å². The Morgan fingerprint density at radius 1 is 1.44 bits per heavy atom. The molecule has 0 radical (unpaired) electrons. The molecule has 0 aliphatic carbocycles. The number of carbonyl (C=O) groups is 1. The molecule has 0 bridgehead atoms. The number of pyridine rings is 1. The molecule has 0 saturated heterocycles. The smallest absolute Gasteiger partial charge is 0.253 e. The van der Waals surface area contributed by atoms with Gasteiger partial charge < -0.3 is 10.6 Å². The van der Waals surface area contributed by atoms with Gasteiger partial charge in [0.2, 0.25) is 0 Å². The Hall–Kier alpha value is -2.51. The van der Waals surface area contributed by atoms with E-state index >= 15 is 0 Å². The van der Waals surface area contributed by atoms with Crippen LogP contribution in [0.5, 0.6) is 0 Å². The standard InChI is InChI=1S/C10H13N7O/c1-6(9-14-16-17-15-9)13-10(18)7-3-4-8(11-2)12-5-7/h3-6H,1-2H3,(H,11,12)(H,13,18)(H,14,15,16,17). The van der Waals surface area contributed by atoms with Crippen molar-refractivity contribution in [1.82, 2.24) is 30.9 Å². The Bertz CT molecular complexity index is 508. The van der Waals surface area contributed by atoms with Crippen molar-refractivity contribution in [2.75, 3.05) is 12.4 Å². The van der Waals surface area contributed by atoms with Gasteiger partial charge in [-0.15, -0.1) is 10.2 Å². The third-order valence-corrected chi connectivity index (χ3v) is 2.38. The first-order valence-electron chi connectivity index (χ1n) is 5.38. The summed E-state index contributed by atoms with van der Waals surface area (Å²) in [4.78, 5) is 16.0. The Kier molecular flexibility index (Phi) is 3.46. The van der Waals surface area contributed by atoms with Crippen molar-refractivity contribution in [1.29, 1.82) is 0 Å². The number of nitrogens with one attached hydrogen (secondary N) is 3. The minimum atomic E-state index is -0.319. The van der Waals surface area contributed by atoms with E-state index in [9.17, 15) is 4.79 Å². The highest BCUT2D eigenvalue weighted by Gasteiger charge is 2.14. The van der Waals surface area contributed by atoms with Crippen LogP contribution in [0.2, 0.25) is 0 Å². The molecule has 8 nitrogen and oxygen atoms in total. The second-order valence-corrected chi connectivity index (χ2v) is 3.65. The number of rotatable bonds is 4. The molecule has 2 aromatic heterocycles. The summed E-state index contributed by atoms with van der Waals surface area (Å²) in [7, 11) is 1.76. The van der Waals surface area contributed by atoms with E-state index in [4.69, 9.17) is 0 Å². The maximum Gasteiger partial charge on any atom is 0.253 e. The Balaban J connectivity index is 2.03. The lowest BCUT2D eigenvalue weighted by Crippen LogP contribution is -2.27. The van der Waals surface area contributed by atoms with Gasteiger partial charge in [-0.3, -0.25) is 4.79 Å². The molecule has 2 aromatic rings. The number of hydrogen-bond acceptors (Lipinski definition) is 6. The summed E-state index contributed by atoms with van der Waals surface area (Å²) in [5.41, 5.74) is 0.476. The van der Waals surface area contributed by atoms with Crippen LogP contribution >= 0.6 is 0 Å². The van der Waals surface area contributed by atoms with Gasteiger partial charge in [-0.05, 0) is 19.1 Å². The van der Waals surface area contributed by atoms with Crippen LogP contribution in [0.15, 0.2) is 18.3 Å². The Labute approximate surface area is 103 Å². The molecular formula is C10H13N7O. The van der Waals surface area contributed by atoms with Crippen molar-refractivity contribution < 1.29 is 4.79 Å². The lowest BCUT2D eigenvalue weighted by molar-refractivity contribution is 0.0938. The minimum absolute atomic E-state index is 0.234. The number of aromatic amines is 1. The average Bonchev–Trinajstić information content (AvgIpc) is 2.92. The first-order valence-corrected chi connectivity index (χ1v) is 5.38. The van der Waals surface area contributed by atoms with Gasteiger partial charge in [0.1, 0.15) is 5.82 Å². The largest absolute Gasteiger partial charge is 0.373 e. The summed E-state index contributed by atoms with van der Waals surface area (Å²) in [6, 6.07) is 3.10. The predicted molar refractivity (Wildman–Crippen MR) is 63.8 cm³/mol. The molecule has 94 valence electrons. The molecule has 0 saturated carbocycles. The molecule has 1 unspecified atom stereocenters. The number of H-pyrrole nitrogens is 1. The van der Waals surface area contributed by atoms with Gasteiger partial charge in [-0.1, -0.05) is 5.21 Å². The van der Waals surface area contributed by atoms with Crippen molar-refractivity contribution in [2.24, 2.45) is 0 Å². The van der Waals surface area contributed by atoms with E-state index in [1.807, 2.05) is 0 Å². The van der Waals surface area contributed by atoms with E-state index in [0.29, 0.717) is 17.2 Å². The molecule has 0 aliphatic rings. The number of nitrogens with zero attached hydrogens (tertiary/aromatic N) is 4. The lowest BCUT2D eigenvalue weighted by Gasteiger charge is -2.09. The van der Waals surface area contributed by atoms with Crippen molar-refractivity contribution in [3.05, 3.63) is 29.7 Å². The fraction of sp³-hybridized carbons (Fsp3) is 0.300. The molecule has 0 aliphatic heterocycles. The molecule has 2 rings (SSSR count). The maximum absolute atomic E-state index is 11.9. The van der Waals surface area contributed by atoms with Crippen LogP contribution in [0.25, 0.3) is 0 Å². The summed E-state index contributed by atoms with van der Waals surface area (Å²) < 4.78 is 0. The van der Waals surface area contributed by atoms with Gasteiger partial charge in [-0.2, -0.15) is 5.21 Å². The lowest BCUT2D eigenvalue weighted by atomic mass is 10.2. The first-order chi connectivity index (χ1) is 8.70. The molecule has 8 heteroatoms. The van der Waals surface area contributed by atoms with E-state index in [1.165, 1.54) is 6.20 Å². The van der Waals surface area contributed by atoms with E-state index in [0.717, 1.165) is 0 Å². The van der Waals surface area contributed by atoms with Crippen molar-refractivity contribution in [2.45, 2.75) is 13.0 Å². The second-order valence-electron chi connectivity index (χ2n) is 3.65. The van der Waals surface area contributed by atoms with E-state index in [-0.39, 0.29) is 11.9 Å². The van der Waals surface area contributed by atoms with E-state index in [1.54, 1.807) is 26.1 Å². The summed E-state index contributed by atoms with van der Waals surface area (Å²) in [6.45, 7) is 1.78. The zero-order valence-electron chi connectivity index (χ0n) is 10.0. The minimum Gasteiger partial charge on any atom is -0.373 e. The number of anilines is 1. The first kappa shape index (κ1) is 12.0. The molecule has 0 spiro atoms. The van der Waals surface area contributed by atoms with E-state index < -0.39 is 0 Å². The van der Waals surface area contributed by atoms with E-state index in [2.05, 4.69) is 36.2 Å². The average molecular weight is 247 g/mol. The summed E-state index contributed by atoms with van der Waals surface area (Å²) >= 11 is 0. The summed E-state index contributed by atoms with van der Waals surface area (Å²) in [5.74, 6) is 0.906. The van der Waals surface area contributed by atoms with Crippen LogP contribution in [-0.2, 0) is 0 Å². The molecule has 1 atom stereocenters. The second kappa shape index (κ2) is 5.21. The maximum atomic E-state index is 11.9. The van der Waals surface area contributed by atoms with Gasteiger partial charge in [0, 0.05) is 13.2 Å². The van der Waals surface area contributed by atoms with Gasteiger partial charge in [0.25, 0.3) is 5.91 Å². The van der Waals surface area contributed by atoms with Gasteiger partial charge >= 0.3 is 0 Å². The molecule has 18 heavy (non-hydrogen) atoms. The molecule has 0 aromatic carbocycles. The monoisotopic (exact) mass is 247 g/mol. The highest BCUT2D eigenvalue weighted by molar-refractivity contribution is 5.94. The van der Waals surface area contributed by atoms with Gasteiger partial charge in [0.05, 0.1) is 11.6 Å². The zero-order valence-corrected chi connectivity index (χ0v) is 10.0. The SMILES string of the molecule is CNc1ccc(C(=O)NC(C)c2nn[nH]n2)cn1. The molecule has 2 heterocycles. The van der Waals surface area contributed by atoms with Crippen molar-refractivity contribution in [3.8, 4) is 0 Å². The fourth-order valence-electron chi connectivity index (χ4n) is 1.37. The number of hydrogen-bond donors (Lipinski definition) is 3. The fourth-order valence-corrected chi connectivity index (χ4v) is 1.37. The summed E-state index contributed by atoms with van der Waals surface area (Å²) in [5, 5.41) is 19.0. The predicted octanol–water partition coefficient (Wildman–Crippen LogP) is 0.127. The zero-order chi connectivity index (χ0) is 13.0. The molecule has 0 fully saturated rings. The highest BCUT2D eigenvalue weighted by Crippen LogP contribution is 2.08. The Morgan fingerprint density at radius 3 is 2.83 bits per heavy atom. The number of carbonyl (C=O) groups excluding carboxylic acids is 1. The van der Waals surface area contributed by atoms with Gasteiger partial charge in [-0.25, -0.2) is 4.98 Å². The van der Waals surface area contributed by atoms with Crippen LogP contribution in [0.1, 0.15) is 29.1 Å². The third kappa shape index (κ3) is 2.59. The Morgan fingerprint density at radius 2 is 2.28 bits per heavy atom. The number of aromatic nitrogens is 5. The van der Waals surface area contributed by atoms with Gasteiger partial charge in [0.15, 0.2) is 5.82 Å². The molecule has 1 amide bonds. The van der Waals surface area contributed by atoms with Crippen LogP contribution in [-0.4, -0.2) is 38.6 Å². The number of amides is 1. The van der Waals surface area contributed by atoms with Crippen LogP contribution in [0, 0.1) is 0 Å².